The minimum Gasteiger partial charge on any atom is -0.245 e. The Balaban J connectivity index is 2.05. The fourth-order valence-corrected chi connectivity index (χ4v) is 7.72. The second kappa shape index (κ2) is 6.26. The number of pyridine rings is 1. The zero-order chi connectivity index (χ0) is 18.5. The Hall–Kier alpha value is -2.09. The number of hydrogen-bond acceptors (Lipinski definition) is 6. The van der Waals surface area contributed by atoms with Crippen LogP contribution >= 0.6 is 22.7 Å². The standard InChI is InChI=1S/C19H16N2O2S3/c1-11-6-8-14(9-7-11)16-15-5-4-10-20-17(15)25-19(16)26(22,23)18-12(2)21-13(3)24-18/h4-10H,1-3H3. The first-order valence-corrected chi connectivity index (χ1v) is 11.1. The molecule has 26 heavy (non-hydrogen) atoms. The molecule has 3 heterocycles. The lowest BCUT2D eigenvalue weighted by molar-refractivity contribution is 0.599. The van der Waals surface area contributed by atoms with Crippen LogP contribution in [0.15, 0.2) is 51.0 Å². The molecule has 0 aliphatic rings. The summed E-state index contributed by atoms with van der Waals surface area (Å²) in [7, 11) is -3.67. The number of sulfone groups is 1. The number of thiophene rings is 1. The van der Waals surface area contributed by atoms with Crippen molar-refractivity contribution in [3.05, 3.63) is 58.9 Å². The summed E-state index contributed by atoms with van der Waals surface area (Å²) in [6, 6.07) is 11.7. The number of aryl methyl sites for hydroxylation is 3. The molecule has 0 aliphatic carbocycles. The highest BCUT2D eigenvalue weighted by molar-refractivity contribution is 7.95. The molecule has 1 aromatic carbocycles. The van der Waals surface area contributed by atoms with Gasteiger partial charge >= 0.3 is 0 Å². The molecule has 0 spiro atoms. The number of rotatable bonds is 3. The highest BCUT2D eigenvalue weighted by Gasteiger charge is 2.30. The van der Waals surface area contributed by atoms with Crippen LogP contribution in [-0.2, 0) is 9.84 Å². The lowest BCUT2D eigenvalue weighted by Crippen LogP contribution is -2.01. The number of hydrogen-bond donors (Lipinski definition) is 0. The van der Waals surface area contributed by atoms with Crippen LogP contribution in [0.5, 0.6) is 0 Å². The summed E-state index contributed by atoms with van der Waals surface area (Å²) in [5.41, 5.74) is 3.29. The van der Waals surface area contributed by atoms with E-state index in [4.69, 9.17) is 0 Å². The molecule has 0 bridgehead atoms. The van der Waals surface area contributed by atoms with Crippen LogP contribution in [0.4, 0.5) is 0 Å². The van der Waals surface area contributed by atoms with Crippen molar-refractivity contribution in [2.24, 2.45) is 0 Å². The second-order valence-corrected chi connectivity index (χ2v) is 10.6. The van der Waals surface area contributed by atoms with Gasteiger partial charge in [0.15, 0.2) is 0 Å². The molecule has 0 unspecified atom stereocenters. The molecular weight excluding hydrogens is 384 g/mol. The van der Waals surface area contributed by atoms with Gasteiger partial charge in [-0.2, -0.15) is 0 Å². The van der Waals surface area contributed by atoms with E-state index in [-0.39, 0.29) is 0 Å². The predicted octanol–water partition coefficient (Wildman–Crippen LogP) is 5.18. The van der Waals surface area contributed by atoms with E-state index < -0.39 is 9.84 Å². The molecule has 3 aromatic heterocycles. The van der Waals surface area contributed by atoms with Crippen molar-refractivity contribution in [2.45, 2.75) is 29.2 Å². The van der Waals surface area contributed by atoms with Crippen molar-refractivity contribution in [3.8, 4) is 11.1 Å². The molecule has 0 aliphatic heterocycles. The van der Waals surface area contributed by atoms with Gasteiger partial charge < -0.3 is 0 Å². The van der Waals surface area contributed by atoms with Gasteiger partial charge in [0.1, 0.15) is 13.2 Å². The van der Waals surface area contributed by atoms with Gasteiger partial charge in [0.05, 0.1) is 10.7 Å². The summed E-state index contributed by atoms with van der Waals surface area (Å²) >= 11 is 2.44. The molecule has 0 N–H and O–H groups in total. The number of aromatic nitrogens is 2. The zero-order valence-corrected chi connectivity index (χ0v) is 16.9. The third-order valence-corrected chi connectivity index (χ3v) is 9.19. The van der Waals surface area contributed by atoms with Gasteiger partial charge in [-0.1, -0.05) is 29.8 Å². The Bertz CT molecular complexity index is 1220. The first-order chi connectivity index (χ1) is 12.4. The smallest absolute Gasteiger partial charge is 0.227 e. The van der Waals surface area contributed by atoms with E-state index in [2.05, 4.69) is 9.97 Å². The van der Waals surface area contributed by atoms with E-state index in [0.717, 1.165) is 31.9 Å². The molecule has 132 valence electrons. The van der Waals surface area contributed by atoms with Crippen LogP contribution in [0, 0.1) is 20.8 Å². The molecule has 0 atom stereocenters. The Morgan fingerprint density at radius 1 is 0.923 bits per heavy atom. The van der Waals surface area contributed by atoms with Crippen molar-refractivity contribution in [1.82, 2.24) is 9.97 Å². The fourth-order valence-electron chi connectivity index (χ4n) is 2.94. The molecule has 4 nitrogen and oxygen atoms in total. The first-order valence-electron chi connectivity index (χ1n) is 8.01. The summed E-state index contributed by atoms with van der Waals surface area (Å²) in [6.45, 7) is 5.58. The molecule has 0 saturated carbocycles. The lowest BCUT2D eigenvalue weighted by Gasteiger charge is -2.06. The van der Waals surface area contributed by atoms with Crippen LogP contribution in [0.3, 0.4) is 0 Å². The zero-order valence-electron chi connectivity index (χ0n) is 14.5. The number of fused-ring (bicyclic) bond motifs is 1. The third-order valence-electron chi connectivity index (χ3n) is 4.12. The monoisotopic (exact) mass is 400 g/mol. The molecule has 0 saturated heterocycles. The van der Waals surface area contributed by atoms with E-state index in [1.54, 1.807) is 13.1 Å². The molecule has 0 fully saturated rings. The summed E-state index contributed by atoms with van der Waals surface area (Å²) < 4.78 is 27.6. The van der Waals surface area contributed by atoms with Crippen LogP contribution in [0.1, 0.15) is 16.3 Å². The predicted molar refractivity (Wildman–Crippen MR) is 107 cm³/mol. The van der Waals surface area contributed by atoms with Crippen LogP contribution in [-0.4, -0.2) is 18.4 Å². The van der Waals surface area contributed by atoms with Gasteiger partial charge in [-0.3, -0.25) is 0 Å². The van der Waals surface area contributed by atoms with Crippen LogP contribution in [0.25, 0.3) is 21.3 Å². The normalized spacial score (nSPS) is 12.0. The Morgan fingerprint density at radius 2 is 1.65 bits per heavy atom. The van der Waals surface area contributed by atoms with Gasteiger partial charge in [-0.15, -0.1) is 22.7 Å². The Kier molecular flexibility index (Phi) is 4.17. The molecular formula is C19H16N2O2S3. The number of nitrogens with zero attached hydrogens (tertiary/aromatic N) is 2. The maximum atomic E-state index is 13.5. The largest absolute Gasteiger partial charge is 0.245 e. The van der Waals surface area contributed by atoms with Crippen LogP contribution < -0.4 is 0 Å². The molecule has 4 rings (SSSR count). The first kappa shape index (κ1) is 17.3. The summed E-state index contributed by atoms with van der Waals surface area (Å²) in [5.74, 6) is 0. The maximum Gasteiger partial charge on any atom is 0.227 e. The van der Waals surface area contributed by atoms with Gasteiger partial charge in [0.25, 0.3) is 0 Å². The minimum atomic E-state index is -3.67. The topological polar surface area (TPSA) is 59.9 Å². The SMILES string of the molecule is Cc1ccc(-c2c(S(=O)(=O)c3sc(C)nc3C)sc3ncccc23)cc1. The average molecular weight is 401 g/mol. The van der Waals surface area contributed by atoms with Gasteiger partial charge in [-0.25, -0.2) is 18.4 Å². The average Bonchev–Trinajstić information content (AvgIpc) is 3.16. The van der Waals surface area contributed by atoms with Gasteiger partial charge in [0, 0.05) is 17.1 Å². The highest BCUT2D eigenvalue weighted by Crippen LogP contribution is 2.44. The molecule has 7 heteroatoms. The molecule has 0 amide bonds. The Labute approximate surface area is 160 Å². The third kappa shape index (κ3) is 2.76. The number of benzene rings is 1. The summed E-state index contributed by atoms with van der Waals surface area (Å²) in [6.07, 6.45) is 1.69. The summed E-state index contributed by atoms with van der Waals surface area (Å²) in [5, 5.41) is 1.61. The highest BCUT2D eigenvalue weighted by atomic mass is 32.3. The quantitative estimate of drug-likeness (QED) is 0.475. The number of thiazole rings is 1. The van der Waals surface area contributed by atoms with E-state index in [1.165, 1.54) is 22.7 Å². The second-order valence-electron chi connectivity index (χ2n) is 6.10. The lowest BCUT2D eigenvalue weighted by atomic mass is 10.0. The Morgan fingerprint density at radius 3 is 2.31 bits per heavy atom. The summed E-state index contributed by atoms with van der Waals surface area (Å²) in [4.78, 5) is 9.40. The van der Waals surface area contributed by atoms with Gasteiger partial charge in [-0.05, 0) is 38.5 Å². The minimum absolute atomic E-state index is 0.315. The molecule has 4 aromatic rings. The van der Waals surface area contributed by atoms with Crippen molar-refractivity contribution in [3.63, 3.8) is 0 Å². The van der Waals surface area contributed by atoms with Gasteiger partial charge in [0.2, 0.25) is 9.84 Å². The maximum absolute atomic E-state index is 13.5. The van der Waals surface area contributed by atoms with Crippen molar-refractivity contribution in [1.29, 1.82) is 0 Å². The molecule has 0 radical (unpaired) electrons. The van der Waals surface area contributed by atoms with E-state index in [1.807, 2.05) is 50.2 Å². The van der Waals surface area contributed by atoms with Crippen LogP contribution in [0.2, 0.25) is 0 Å². The van der Waals surface area contributed by atoms with Crippen molar-refractivity contribution >= 4 is 42.7 Å². The fraction of sp³-hybridized carbons (Fsp3) is 0.158. The van der Waals surface area contributed by atoms with E-state index in [9.17, 15) is 8.42 Å². The van der Waals surface area contributed by atoms with Crippen molar-refractivity contribution < 1.29 is 8.42 Å². The van der Waals surface area contributed by atoms with E-state index >= 15 is 0 Å². The van der Waals surface area contributed by atoms with Crippen molar-refractivity contribution in [2.75, 3.05) is 0 Å². The van der Waals surface area contributed by atoms with E-state index in [0.29, 0.717) is 14.1 Å².